The van der Waals surface area contributed by atoms with Crippen LogP contribution in [0.25, 0.3) is 0 Å². The number of hydrogen-bond acceptors (Lipinski definition) is 4. The van der Waals surface area contributed by atoms with Crippen molar-refractivity contribution in [3.63, 3.8) is 0 Å². The van der Waals surface area contributed by atoms with Gasteiger partial charge in [-0.2, -0.15) is 0 Å². The summed E-state index contributed by atoms with van der Waals surface area (Å²) in [4.78, 5) is 4.03. The van der Waals surface area contributed by atoms with Gasteiger partial charge in [-0.1, -0.05) is 11.8 Å². The van der Waals surface area contributed by atoms with Crippen molar-refractivity contribution >= 4 is 10.0 Å². The molecule has 19 heavy (non-hydrogen) atoms. The van der Waals surface area contributed by atoms with Crippen molar-refractivity contribution in [2.45, 2.75) is 17.7 Å². The Bertz CT molecular complexity index is 612. The number of hydrogen-bond donors (Lipinski definition) is 1. The zero-order valence-electron chi connectivity index (χ0n) is 10.7. The third-order valence-electron chi connectivity index (χ3n) is 2.95. The van der Waals surface area contributed by atoms with Gasteiger partial charge in [0.1, 0.15) is 11.5 Å². The number of aromatic nitrogens is 1. The van der Waals surface area contributed by atoms with Crippen LogP contribution in [0, 0.1) is 17.8 Å². The molecular weight excluding hydrogens is 264 g/mol. The molecule has 1 aromatic heterocycles. The van der Waals surface area contributed by atoms with Crippen molar-refractivity contribution in [1.82, 2.24) is 9.29 Å². The van der Waals surface area contributed by atoms with Gasteiger partial charge in [0.25, 0.3) is 0 Å². The summed E-state index contributed by atoms with van der Waals surface area (Å²) in [6.45, 7) is 0.285. The van der Waals surface area contributed by atoms with Crippen molar-refractivity contribution in [2.75, 3.05) is 20.2 Å². The highest BCUT2D eigenvalue weighted by Gasteiger charge is 2.29. The van der Waals surface area contributed by atoms with E-state index >= 15 is 0 Å². The molecule has 1 aromatic rings. The Balaban J connectivity index is 2.23. The van der Waals surface area contributed by atoms with E-state index in [0.717, 1.165) is 12.8 Å². The molecule has 1 heterocycles. The normalized spacial score (nSPS) is 15.1. The molecule has 1 aliphatic rings. The van der Waals surface area contributed by atoms with E-state index in [1.165, 1.54) is 22.8 Å². The van der Waals surface area contributed by atoms with Gasteiger partial charge in [-0.25, -0.2) is 12.7 Å². The van der Waals surface area contributed by atoms with Gasteiger partial charge >= 0.3 is 0 Å². The van der Waals surface area contributed by atoms with Crippen LogP contribution in [0.1, 0.15) is 18.4 Å². The Morgan fingerprint density at radius 2 is 2.21 bits per heavy atom. The van der Waals surface area contributed by atoms with Crippen molar-refractivity contribution < 1.29 is 13.5 Å². The number of sulfonamides is 1. The zero-order chi connectivity index (χ0) is 13.9. The Morgan fingerprint density at radius 3 is 2.84 bits per heavy atom. The van der Waals surface area contributed by atoms with Crippen LogP contribution in [0.4, 0.5) is 0 Å². The van der Waals surface area contributed by atoms with Crippen LogP contribution < -0.4 is 0 Å². The van der Waals surface area contributed by atoms with Gasteiger partial charge < -0.3 is 5.11 Å². The second kappa shape index (κ2) is 5.70. The lowest BCUT2D eigenvalue weighted by Crippen LogP contribution is -2.29. The van der Waals surface area contributed by atoms with Crippen LogP contribution in [-0.4, -0.2) is 43.0 Å². The minimum Gasteiger partial charge on any atom is -0.384 e. The molecule has 5 nitrogen and oxygen atoms in total. The number of aliphatic hydroxyl groups excluding tert-OH is 1. The molecule has 1 fully saturated rings. The lowest BCUT2D eigenvalue weighted by molar-refractivity contribution is 0.350. The van der Waals surface area contributed by atoms with E-state index in [-0.39, 0.29) is 11.5 Å². The summed E-state index contributed by atoms with van der Waals surface area (Å²) >= 11 is 0. The zero-order valence-corrected chi connectivity index (χ0v) is 11.5. The third-order valence-corrected chi connectivity index (χ3v) is 4.73. The highest BCUT2D eigenvalue weighted by atomic mass is 32.2. The summed E-state index contributed by atoms with van der Waals surface area (Å²) < 4.78 is 26.0. The number of rotatable bonds is 4. The van der Waals surface area contributed by atoms with Gasteiger partial charge in [0, 0.05) is 31.5 Å². The summed E-state index contributed by atoms with van der Waals surface area (Å²) in [5.74, 6) is 5.62. The van der Waals surface area contributed by atoms with Gasteiger partial charge in [-0.3, -0.25) is 4.98 Å². The van der Waals surface area contributed by atoms with E-state index in [1.807, 2.05) is 0 Å². The second-order valence-corrected chi connectivity index (χ2v) is 6.64. The third kappa shape index (κ3) is 3.53. The molecule has 0 unspecified atom stereocenters. The average molecular weight is 280 g/mol. The number of aliphatic hydroxyl groups is 1. The lowest BCUT2D eigenvalue weighted by Gasteiger charge is -2.16. The smallest absolute Gasteiger partial charge is 0.244 e. The first-order valence-corrected chi connectivity index (χ1v) is 7.49. The number of nitrogens with zero attached hydrogens (tertiary/aromatic N) is 2. The fourth-order valence-corrected chi connectivity index (χ4v) is 2.95. The molecule has 1 saturated carbocycles. The summed E-state index contributed by atoms with van der Waals surface area (Å²) in [7, 11) is -1.92. The molecular formula is C13H16N2O3S. The average Bonchev–Trinajstić information content (AvgIpc) is 3.20. The molecule has 2 rings (SSSR count). The Morgan fingerprint density at radius 1 is 1.47 bits per heavy atom. The van der Waals surface area contributed by atoms with Crippen LogP contribution in [0.2, 0.25) is 0 Å². The molecule has 102 valence electrons. The summed E-state index contributed by atoms with van der Waals surface area (Å²) in [6, 6.07) is 1.48. The largest absolute Gasteiger partial charge is 0.384 e. The van der Waals surface area contributed by atoms with E-state index in [0.29, 0.717) is 18.0 Å². The molecule has 0 spiro atoms. The molecule has 0 bridgehead atoms. The monoisotopic (exact) mass is 280 g/mol. The van der Waals surface area contributed by atoms with E-state index in [4.69, 9.17) is 5.11 Å². The first-order valence-electron chi connectivity index (χ1n) is 6.05. The van der Waals surface area contributed by atoms with E-state index in [2.05, 4.69) is 16.8 Å². The fraction of sp³-hybridized carbons (Fsp3) is 0.462. The van der Waals surface area contributed by atoms with Gasteiger partial charge in [-0.15, -0.1) is 0 Å². The Hall–Kier alpha value is -1.42. The molecule has 0 atom stereocenters. The Labute approximate surface area is 113 Å². The number of pyridine rings is 1. The molecule has 6 heteroatoms. The van der Waals surface area contributed by atoms with Gasteiger partial charge in [0.2, 0.25) is 10.0 Å². The lowest BCUT2D eigenvalue weighted by atomic mass is 10.3. The molecule has 0 radical (unpaired) electrons. The van der Waals surface area contributed by atoms with Crippen molar-refractivity contribution in [3.05, 3.63) is 24.0 Å². The molecule has 0 aromatic carbocycles. The van der Waals surface area contributed by atoms with Gasteiger partial charge in [-0.05, 0) is 24.8 Å². The maximum absolute atomic E-state index is 12.3. The topological polar surface area (TPSA) is 70.5 Å². The predicted molar refractivity (Wildman–Crippen MR) is 70.7 cm³/mol. The minimum atomic E-state index is -3.50. The highest BCUT2D eigenvalue weighted by molar-refractivity contribution is 7.89. The quantitative estimate of drug-likeness (QED) is 0.813. The summed E-state index contributed by atoms with van der Waals surface area (Å²) in [5, 5.41) is 8.63. The SMILES string of the molecule is CN(CC1CC1)S(=O)(=O)c1cncc(C#CCO)c1. The van der Waals surface area contributed by atoms with E-state index < -0.39 is 10.0 Å². The van der Waals surface area contributed by atoms with Crippen LogP contribution in [0.3, 0.4) is 0 Å². The molecule has 0 saturated heterocycles. The van der Waals surface area contributed by atoms with Gasteiger partial charge in [0.15, 0.2) is 0 Å². The van der Waals surface area contributed by atoms with Crippen molar-refractivity contribution in [1.29, 1.82) is 0 Å². The maximum Gasteiger partial charge on any atom is 0.244 e. The van der Waals surface area contributed by atoms with E-state index in [1.54, 1.807) is 7.05 Å². The highest BCUT2D eigenvalue weighted by Crippen LogP contribution is 2.30. The predicted octanol–water partition coefficient (Wildman–Crippen LogP) is 0.456. The van der Waals surface area contributed by atoms with E-state index in [9.17, 15) is 8.42 Å². The fourth-order valence-electron chi connectivity index (χ4n) is 1.71. The first-order chi connectivity index (χ1) is 9.04. The maximum atomic E-state index is 12.3. The standard InChI is InChI=1S/C13H16N2O3S/c1-15(10-11-4-5-11)19(17,18)13-7-12(3-2-6-16)8-14-9-13/h7-9,11,16H,4-6,10H2,1H3. The van der Waals surface area contributed by atoms with Crippen LogP contribution in [0.5, 0.6) is 0 Å². The van der Waals surface area contributed by atoms with Crippen LogP contribution in [-0.2, 0) is 10.0 Å². The summed E-state index contributed by atoms with van der Waals surface area (Å²) in [5.41, 5.74) is 0.481. The summed E-state index contributed by atoms with van der Waals surface area (Å²) in [6.07, 6.45) is 4.99. The molecule has 0 amide bonds. The van der Waals surface area contributed by atoms with Gasteiger partial charge in [0.05, 0.1) is 0 Å². The second-order valence-electron chi connectivity index (χ2n) is 4.60. The van der Waals surface area contributed by atoms with Crippen molar-refractivity contribution in [2.24, 2.45) is 5.92 Å². The molecule has 0 aliphatic heterocycles. The Kier molecular flexibility index (Phi) is 4.20. The first kappa shape index (κ1) is 14.0. The minimum absolute atomic E-state index is 0.139. The van der Waals surface area contributed by atoms with Crippen LogP contribution in [0.15, 0.2) is 23.4 Å². The molecule has 1 aliphatic carbocycles. The van der Waals surface area contributed by atoms with Crippen molar-refractivity contribution in [3.8, 4) is 11.8 Å². The molecule has 1 N–H and O–H groups in total. The van der Waals surface area contributed by atoms with Crippen LogP contribution >= 0.6 is 0 Å².